The van der Waals surface area contributed by atoms with Gasteiger partial charge >= 0.3 is 5.97 Å². The van der Waals surface area contributed by atoms with Gasteiger partial charge in [0.15, 0.2) is 0 Å². The summed E-state index contributed by atoms with van der Waals surface area (Å²) in [4.78, 5) is 23.6. The van der Waals surface area contributed by atoms with Crippen molar-refractivity contribution < 1.29 is 14.3 Å². The molecule has 0 unspecified atom stereocenters. The van der Waals surface area contributed by atoms with Crippen molar-refractivity contribution in [3.63, 3.8) is 0 Å². The van der Waals surface area contributed by atoms with E-state index in [1.165, 1.54) is 4.68 Å². The molecule has 0 aliphatic heterocycles. The van der Waals surface area contributed by atoms with Crippen molar-refractivity contribution in [1.29, 1.82) is 0 Å². The van der Waals surface area contributed by atoms with Gasteiger partial charge in [-0.2, -0.15) is 5.10 Å². The zero-order chi connectivity index (χ0) is 14.4. The number of aromatic nitrogens is 2. The third-order valence-corrected chi connectivity index (χ3v) is 2.57. The first-order valence-corrected chi connectivity index (χ1v) is 6.21. The number of hydrogen-bond donors (Lipinski definition) is 2. The Labute approximate surface area is 112 Å². The van der Waals surface area contributed by atoms with Gasteiger partial charge < -0.3 is 15.8 Å². The van der Waals surface area contributed by atoms with E-state index in [-0.39, 0.29) is 12.5 Å². The van der Waals surface area contributed by atoms with Crippen LogP contribution in [0.25, 0.3) is 0 Å². The molecule has 1 aromatic rings. The standard InChI is InChI=1S/C12H20N4O3/c1-4-19-12(18)10-8(2)15-16(3)11(10)14-9(17)6-5-7-13/h4-7,13H2,1-3H3,(H,14,17). The number of rotatable bonds is 6. The van der Waals surface area contributed by atoms with Crippen molar-refractivity contribution in [3.05, 3.63) is 11.3 Å². The van der Waals surface area contributed by atoms with Gasteiger partial charge in [-0.25, -0.2) is 4.79 Å². The second-order valence-corrected chi connectivity index (χ2v) is 4.09. The fourth-order valence-corrected chi connectivity index (χ4v) is 1.71. The van der Waals surface area contributed by atoms with Crippen LogP contribution in [0.15, 0.2) is 0 Å². The Kier molecular flexibility index (Phi) is 5.50. The number of ether oxygens (including phenoxy) is 1. The van der Waals surface area contributed by atoms with Gasteiger partial charge in [-0.05, 0) is 26.8 Å². The van der Waals surface area contributed by atoms with Gasteiger partial charge in [0.2, 0.25) is 5.91 Å². The summed E-state index contributed by atoms with van der Waals surface area (Å²) in [6.45, 7) is 4.14. The fraction of sp³-hybridized carbons (Fsp3) is 0.583. The molecule has 0 saturated heterocycles. The number of nitrogens with zero attached hydrogens (tertiary/aromatic N) is 2. The molecule has 0 fully saturated rings. The second kappa shape index (κ2) is 6.89. The molecule has 1 aromatic heterocycles. The number of aryl methyl sites for hydroxylation is 2. The minimum absolute atomic E-state index is 0.195. The molecule has 0 atom stereocenters. The highest BCUT2D eigenvalue weighted by molar-refractivity contribution is 6.01. The maximum Gasteiger partial charge on any atom is 0.343 e. The number of nitrogens with one attached hydrogen (secondary N) is 1. The van der Waals surface area contributed by atoms with Crippen molar-refractivity contribution in [2.45, 2.75) is 26.7 Å². The third kappa shape index (κ3) is 3.78. The lowest BCUT2D eigenvalue weighted by atomic mass is 10.2. The van der Waals surface area contributed by atoms with Crippen molar-refractivity contribution in [1.82, 2.24) is 9.78 Å². The van der Waals surface area contributed by atoms with E-state index in [9.17, 15) is 9.59 Å². The molecule has 7 heteroatoms. The highest BCUT2D eigenvalue weighted by Crippen LogP contribution is 2.20. The van der Waals surface area contributed by atoms with Gasteiger partial charge in [0.25, 0.3) is 0 Å². The Morgan fingerprint density at radius 1 is 1.47 bits per heavy atom. The molecule has 0 bridgehead atoms. The van der Waals surface area contributed by atoms with E-state index in [4.69, 9.17) is 10.5 Å². The molecule has 0 radical (unpaired) electrons. The quantitative estimate of drug-likeness (QED) is 0.735. The molecule has 1 rings (SSSR count). The molecule has 3 N–H and O–H groups in total. The SMILES string of the molecule is CCOC(=O)c1c(C)nn(C)c1NC(=O)CCCN. The minimum Gasteiger partial charge on any atom is -0.462 e. The van der Waals surface area contributed by atoms with Gasteiger partial charge in [0, 0.05) is 13.5 Å². The number of esters is 1. The summed E-state index contributed by atoms with van der Waals surface area (Å²) in [5.74, 6) is -0.320. The lowest BCUT2D eigenvalue weighted by Gasteiger charge is -2.08. The molecule has 106 valence electrons. The summed E-state index contributed by atoms with van der Waals surface area (Å²) in [6, 6.07) is 0. The first-order valence-electron chi connectivity index (χ1n) is 6.21. The highest BCUT2D eigenvalue weighted by Gasteiger charge is 2.22. The van der Waals surface area contributed by atoms with Gasteiger partial charge in [-0.15, -0.1) is 0 Å². The molecule has 1 heterocycles. The smallest absolute Gasteiger partial charge is 0.343 e. The number of hydrogen-bond acceptors (Lipinski definition) is 5. The van der Waals surface area contributed by atoms with E-state index in [1.54, 1.807) is 20.9 Å². The van der Waals surface area contributed by atoms with E-state index >= 15 is 0 Å². The highest BCUT2D eigenvalue weighted by atomic mass is 16.5. The summed E-state index contributed by atoms with van der Waals surface area (Å²) in [7, 11) is 1.66. The lowest BCUT2D eigenvalue weighted by molar-refractivity contribution is -0.116. The summed E-state index contributed by atoms with van der Waals surface area (Å²) in [6.07, 6.45) is 0.903. The molecule has 0 saturated carbocycles. The molecule has 0 aromatic carbocycles. The molecular weight excluding hydrogens is 248 g/mol. The van der Waals surface area contributed by atoms with Crippen molar-refractivity contribution in [2.24, 2.45) is 12.8 Å². The lowest BCUT2D eigenvalue weighted by Crippen LogP contribution is -2.18. The molecular formula is C12H20N4O3. The number of amides is 1. The van der Waals surface area contributed by atoms with Crippen LogP contribution in [0.3, 0.4) is 0 Å². The second-order valence-electron chi connectivity index (χ2n) is 4.09. The van der Waals surface area contributed by atoms with Crippen LogP contribution in [0.4, 0.5) is 5.82 Å². The molecule has 0 aliphatic carbocycles. The van der Waals surface area contributed by atoms with Crippen LogP contribution in [-0.2, 0) is 16.6 Å². The monoisotopic (exact) mass is 268 g/mol. The molecule has 1 amide bonds. The zero-order valence-corrected chi connectivity index (χ0v) is 11.5. The van der Waals surface area contributed by atoms with Crippen LogP contribution >= 0.6 is 0 Å². The average molecular weight is 268 g/mol. The molecule has 0 aliphatic rings. The molecule has 0 spiro atoms. The van der Waals surface area contributed by atoms with Crippen molar-refractivity contribution in [3.8, 4) is 0 Å². The normalized spacial score (nSPS) is 10.3. The van der Waals surface area contributed by atoms with Crippen LogP contribution in [0.2, 0.25) is 0 Å². The van der Waals surface area contributed by atoms with Gasteiger partial charge in [-0.1, -0.05) is 0 Å². The van der Waals surface area contributed by atoms with E-state index in [0.717, 1.165) is 0 Å². The topological polar surface area (TPSA) is 99.2 Å². The van der Waals surface area contributed by atoms with E-state index in [1.807, 2.05) is 0 Å². The average Bonchev–Trinajstić information content (AvgIpc) is 2.62. The van der Waals surface area contributed by atoms with Crippen LogP contribution in [-0.4, -0.2) is 34.8 Å². The van der Waals surface area contributed by atoms with E-state index in [0.29, 0.717) is 36.5 Å². The van der Waals surface area contributed by atoms with Crippen molar-refractivity contribution in [2.75, 3.05) is 18.5 Å². The van der Waals surface area contributed by atoms with E-state index in [2.05, 4.69) is 10.4 Å². The van der Waals surface area contributed by atoms with Crippen LogP contribution in [0.1, 0.15) is 35.8 Å². The maximum atomic E-state index is 11.8. The zero-order valence-electron chi connectivity index (χ0n) is 11.5. The largest absolute Gasteiger partial charge is 0.462 e. The van der Waals surface area contributed by atoms with Gasteiger partial charge in [-0.3, -0.25) is 9.48 Å². The molecule has 7 nitrogen and oxygen atoms in total. The number of anilines is 1. The first kappa shape index (κ1) is 15.2. The van der Waals surface area contributed by atoms with Crippen LogP contribution in [0, 0.1) is 6.92 Å². The van der Waals surface area contributed by atoms with Crippen molar-refractivity contribution >= 4 is 17.7 Å². The van der Waals surface area contributed by atoms with E-state index < -0.39 is 5.97 Å². The number of carbonyl (C=O) groups is 2. The van der Waals surface area contributed by atoms with Crippen LogP contribution in [0.5, 0.6) is 0 Å². The number of nitrogens with two attached hydrogens (primary N) is 1. The summed E-state index contributed by atoms with van der Waals surface area (Å²) in [5, 5.41) is 6.80. The maximum absolute atomic E-state index is 11.8. The summed E-state index contributed by atoms with van der Waals surface area (Å²) < 4.78 is 6.42. The van der Waals surface area contributed by atoms with Gasteiger partial charge in [0.05, 0.1) is 12.3 Å². The molecule has 19 heavy (non-hydrogen) atoms. The summed E-state index contributed by atoms with van der Waals surface area (Å²) in [5.41, 5.74) is 6.17. The minimum atomic E-state index is -0.484. The van der Waals surface area contributed by atoms with Crippen LogP contribution < -0.4 is 11.1 Å². The fourth-order valence-electron chi connectivity index (χ4n) is 1.71. The predicted octanol–water partition coefficient (Wildman–Crippen LogP) is 0.583. The summed E-state index contributed by atoms with van der Waals surface area (Å²) >= 11 is 0. The Morgan fingerprint density at radius 3 is 2.74 bits per heavy atom. The number of carbonyl (C=O) groups excluding carboxylic acids is 2. The first-order chi connectivity index (χ1) is 9.01. The predicted molar refractivity (Wildman–Crippen MR) is 70.8 cm³/mol. The third-order valence-electron chi connectivity index (χ3n) is 2.57. The Hall–Kier alpha value is -1.89. The van der Waals surface area contributed by atoms with Gasteiger partial charge in [0.1, 0.15) is 11.4 Å². The Morgan fingerprint density at radius 2 is 2.16 bits per heavy atom. The Bertz CT molecular complexity index is 468. The Balaban J connectivity index is 2.93.